The maximum absolute atomic E-state index is 11.5. The lowest BCUT2D eigenvalue weighted by Gasteiger charge is -2.03. The van der Waals surface area contributed by atoms with Crippen molar-refractivity contribution in [3.8, 4) is 0 Å². The van der Waals surface area contributed by atoms with E-state index in [4.69, 9.17) is 4.74 Å². The van der Waals surface area contributed by atoms with Crippen molar-refractivity contribution in [2.45, 2.75) is 20.3 Å². The monoisotopic (exact) mass is 202 g/mol. The molecule has 0 fully saturated rings. The van der Waals surface area contributed by atoms with Crippen molar-refractivity contribution in [3.63, 3.8) is 0 Å². The van der Waals surface area contributed by atoms with E-state index in [0.717, 1.165) is 11.1 Å². The van der Waals surface area contributed by atoms with Crippen LogP contribution in [0.4, 0.5) is 0 Å². The molecule has 0 aliphatic heterocycles. The van der Waals surface area contributed by atoms with Crippen molar-refractivity contribution in [1.29, 1.82) is 0 Å². The molecule has 2 nitrogen and oxygen atoms in total. The van der Waals surface area contributed by atoms with E-state index in [-0.39, 0.29) is 5.97 Å². The summed E-state index contributed by atoms with van der Waals surface area (Å²) in [4.78, 5) is 11.5. The third-order valence-corrected chi connectivity index (χ3v) is 3.05. The lowest BCUT2D eigenvalue weighted by Crippen LogP contribution is -2.05. The van der Waals surface area contributed by atoms with Gasteiger partial charge < -0.3 is 4.74 Å². The van der Waals surface area contributed by atoms with Crippen LogP contribution >= 0.6 is 0 Å². The van der Waals surface area contributed by atoms with Gasteiger partial charge in [0.25, 0.3) is 0 Å². The Bertz CT molecular complexity index is 456. The van der Waals surface area contributed by atoms with Crippen LogP contribution in [0.15, 0.2) is 23.8 Å². The molecular weight excluding hydrogens is 188 g/mol. The van der Waals surface area contributed by atoms with Crippen LogP contribution in [0.3, 0.4) is 0 Å². The van der Waals surface area contributed by atoms with Gasteiger partial charge in [0, 0.05) is 12.0 Å². The first-order valence-corrected chi connectivity index (χ1v) is 5.02. The normalized spacial score (nSPS) is 14.1. The first-order valence-electron chi connectivity index (χ1n) is 5.02. The minimum atomic E-state index is -0.205. The Labute approximate surface area is 89.6 Å². The van der Waals surface area contributed by atoms with Gasteiger partial charge in [0.15, 0.2) is 0 Å². The summed E-state index contributed by atoms with van der Waals surface area (Å²) in [5.41, 5.74) is 5.54. The molecule has 0 bridgehead atoms. The number of aryl methyl sites for hydroxylation is 1. The van der Waals surface area contributed by atoms with E-state index in [9.17, 15) is 4.79 Å². The van der Waals surface area contributed by atoms with Crippen LogP contribution in [0.2, 0.25) is 0 Å². The smallest absolute Gasteiger partial charge is 0.334 e. The van der Waals surface area contributed by atoms with Gasteiger partial charge in [-0.2, -0.15) is 0 Å². The zero-order chi connectivity index (χ0) is 11.0. The fraction of sp³-hybridized carbons (Fsp3) is 0.308. The van der Waals surface area contributed by atoms with Crippen LogP contribution in [-0.4, -0.2) is 13.1 Å². The van der Waals surface area contributed by atoms with Gasteiger partial charge in [0.2, 0.25) is 0 Å². The summed E-state index contributed by atoms with van der Waals surface area (Å²) < 4.78 is 4.78. The predicted octanol–water partition coefficient (Wildman–Crippen LogP) is 2.50. The number of allylic oxidation sites excluding steroid dienone is 1. The third kappa shape index (κ3) is 1.46. The summed E-state index contributed by atoms with van der Waals surface area (Å²) >= 11 is 0. The molecule has 2 heteroatoms. The van der Waals surface area contributed by atoms with Crippen LogP contribution in [-0.2, 0) is 16.0 Å². The average Bonchev–Trinajstić information content (AvgIpc) is 2.57. The molecule has 0 saturated heterocycles. The molecule has 0 saturated carbocycles. The number of methoxy groups -OCH3 is 1. The average molecular weight is 202 g/mol. The van der Waals surface area contributed by atoms with Crippen LogP contribution < -0.4 is 0 Å². The second-order valence-electron chi connectivity index (χ2n) is 3.87. The van der Waals surface area contributed by atoms with Gasteiger partial charge in [0.1, 0.15) is 0 Å². The van der Waals surface area contributed by atoms with E-state index in [1.165, 1.54) is 23.8 Å². The summed E-state index contributed by atoms with van der Waals surface area (Å²) in [6.45, 7) is 4.06. The summed E-state index contributed by atoms with van der Waals surface area (Å²) in [7, 11) is 1.43. The molecule has 78 valence electrons. The highest BCUT2D eigenvalue weighted by molar-refractivity contribution is 6.00. The standard InChI is InChI=1S/C13H14O2/c1-8-5-4-6-10-9(2)12(7-11(8)10)13(14)15-3/h4-6H,7H2,1-3H3. The van der Waals surface area contributed by atoms with Crippen molar-refractivity contribution >= 4 is 11.5 Å². The number of hydrogen-bond acceptors (Lipinski definition) is 2. The molecule has 0 radical (unpaired) electrons. The van der Waals surface area contributed by atoms with Gasteiger partial charge in [-0.15, -0.1) is 0 Å². The number of rotatable bonds is 1. The largest absolute Gasteiger partial charge is 0.466 e. The molecule has 15 heavy (non-hydrogen) atoms. The minimum absolute atomic E-state index is 0.205. The van der Waals surface area contributed by atoms with Crippen LogP contribution in [0.5, 0.6) is 0 Å². The molecule has 0 amide bonds. The number of ether oxygens (including phenoxy) is 1. The lowest BCUT2D eigenvalue weighted by molar-refractivity contribution is -0.136. The van der Waals surface area contributed by atoms with Crippen LogP contribution in [0.1, 0.15) is 23.6 Å². The summed E-state index contributed by atoms with van der Waals surface area (Å²) in [5, 5.41) is 0. The second kappa shape index (κ2) is 3.54. The number of esters is 1. The van der Waals surface area contributed by atoms with Crippen molar-refractivity contribution in [3.05, 3.63) is 40.5 Å². The maximum atomic E-state index is 11.5. The Kier molecular flexibility index (Phi) is 2.35. The Hall–Kier alpha value is -1.57. The van der Waals surface area contributed by atoms with Crippen molar-refractivity contribution < 1.29 is 9.53 Å². The van der Waals surface area contributed by atoms with Gasteiger partial charge in [-0.25, -0.2) is 4.79 Å². The topological polar surface area (TPSA) is 26.3 Å². The SMILES string of the molecule is COC(=O)C1=C(C)c2cccc(C)c2C1. The maximum Gasteiger partial charge on any atom is 0.334 e. The Morgan fingerprint density at radius 2 is 2.07 bits per heavy atom. The Balaban J connectivity index is 2.49. The molecule has 1 aliphatic carbocycles. The van der Waals surface area contributed by atoms with E-state index in [1.807, 2.05) is 13.0 Å². The summed E-state index contributed by atoms with van der Waals surface area (Å²) in [5.74, 6) is -0.205. The first-order chi connectivity index (χ1) is 7.15. The number of carbonyl (C=O) groups excluding carboxylic acids is 1. The zero-order valence-corrected chi connectivity index (χ0v) is 9.26. The number of benzene rings is 1. The Morgan fingerprint density at radius 3 is 2.67 bits per heavy atom. The molecule has 0 heterocycles. The lowest BCUT2D eigenvalue weighted by atomic mass is 10.0. The molecule has 2 rings (SSSR count). The molecule has 0 atom stereocenters. The quantitative estimate of drug-likeness (QED) is 0.654. The van der Waals surface area contributed by atoms with Crippen LogP contribution in [0.25, 0.3) is 5.57 Å². The van der Waals surface area contributed by atoms with Gasteiger partial charge in [-0.1, -0.05) is 18.2 Å². The van der Waals surface area contributed by atoms with E-state index >= 15 is 0 Å². The predicted molar refractivity (Wildman–Crippen MR) is 59.5 cm³/mol. The molecule has 0 unspecified atom stereocenters. The first kappa shape index (κ1) is 9.97. The molecule has 1 aliphatic rings. The van der Waals surface area contributed by atoms with Gasteiger partial charge in [0.05, 0.1) is 7.11 Å². The zero-order valence-electron chi connectivity index (χ0n) is 9.26. The highest BCUT2D eigenvalue weighted by atomic mass is 16.5. The molecule has 1 aromatic carbocycles. The van der Waals surface area contributed by atoms with Crippen molar-refractivity contribution in [2.75, 3.05) is 7.11 Å². The van der Waals surface area contributed by atoms with Gasteiger partial charge >= 0.3 is 5.97 Å². The van der Waals surface area contributed by atoms with E-state index in [1.54, 1.807) is 0 Å². The van der Waals surface area contributed by atoms with Crippen molar-refractivity contribution in [1.82, 2.24) is 0 Å². The van der Waals surface area contributed by atoms with E-state index in [2.05, 4.69) is 19.1 Å². The fourth-order valence-electron chi connectivity index (χ4n) is 2.11. The Morgan fingerprint density at radius 1 is 1.33 bits per heavy atom. The minimum Gasteiger partial charge on any atom is -0.466 e. The van der Waals surface area contributed by atoms with Gasteiger partial charge in [-0.05, 0) is 36.1 Å². The number of fused-ring (bicyclic) bond motifs is 1. The molecule has 1 aromatic rings. The van der Waals surface area contributed by atoms with Crippen molar-refractivity contribution in [2.24, 2.45) is 0 Å². The molecule has 0 N–H and O–H groups in total. The van der Waals surface area contributed by atoms with E-state index in [0.29, 0.717) is 6.42 Å². The van der Waals surface area contributed by atoms with E-state index < -0.39 is 0 Å². The molecule has 0 spiro atoms. The summed E-state index contributed by atoms with van der Waals surface area (Å²) in [6, 6.07) is 6.16. The molecule has 0 aromatic heterocycles. The second-order valence-corrected chi connectivity index (χ2v) is 3.87. The molecular formula is C13H14O2. The highest BCUT2D eigenvalue weighted by Gasteiger charge is 2.24. The van der Waals surface area contributed by atoms with Crippen LogP contribution in [0, 0.1) is 6.92 Å². The fourth-order valence-corrected chi connectivity index (χ4v) is 2.11. The third-order valence-electron chi connectivity index (χ3n) is 3.05. The highest BCUT2D eigenvalue weighted by Crippen LogP contribution is 2.34. The summed E-state index contributed by atoms with van der Waals surface area (Å²) in [6.07, 6.45) is 0.709. The number of carbonyl (C=O) groups is 1. The number of hydrogen-bond donors (Lipinski definition) is 0. The van der Waals surface area contributed by atoms with Gasteiger partial charge in [-0.3, -0.25) is 0 Å².